The van der Waals surface area contributed by atoms with E-state index in [0.717, 1.165) is 11.3 Å². The van der Waals surface area contributed by atoms with Gasteiger partial charge < -0.3 is 19.7 Å². The van der Waals surface area contributed by atoms with E-state index in [0.29, 0.717) is 30.0 Å². The van der Waals surface area contributed by atoms with Crippen LogP contribution in [0.15, 0.2) is 42.5 Å². The van der Waals surface area contributed by atoms with E-state index >= 15 is 0 Å². The first-order valence-corrected chi connectivity index (χ1v) is 8.02. The molecule has 0 aromatic heterocycles. The molecule has 1 aliphatic rings. The van der Waals surface area contributed by atoms with Crippen LogP contribution in [0.4, 0.5) is 11.4 Å². The Morgan fingerprint density at radius 3 is 2.68 bits per heavy atom. The quantitative estimate of drug-likeness (QED) is 0.908. The zero-order chi connectivity index (χ0) is 17.8. The van der Waals surface area contributed by atoms with Gasteiger partial charge in [-0.2, -0.15) is 0 Å². The lowest BCUT2D eigenvalue weighted by Gasteiger charge is -2.28. The average Bonchev–Trinajstić information content (AvgIpc) is 2.64. The summed E-state index contributed by atoms with van der Waals surface area (Å²) >= 11 is 0. The van der Waals surface area contributed by atoms with Crippen molar-refractivity contribution in [3.8, 4) is 11.5 Å². The molecule has 0 saturated heterocycles. The van der Waals surface area contributed by atoms with E-state index in [1.165, 1.54) is 12.0 Å². The molecule has 0 unspecified atom stereocenters. The Morgan fingerprint density at radius 2 is 1.92 bits per heavy atom. The number of para-hydroxylation sites is 1. The van der Waals surface area contributed by atoms with E-state index in [-0.39, 0.29) is 18.4 Å². The third kappa shape index (κ3) is 3.57. The topological polar surface area (TPSA) is 67.9 Å². The Kier molecular flexibility index (Phi) is 4.88. The highest BCUT2D eigenvalue weighted by Gasteiger charge is 2.25. The van der Waals surface area contributed by atoms with Crippen LogP contribution in [0.3, 0.4) is 0 Å². The van der Waals surface area contributed by atoms with Crippen molar-refractivity contribution in [1.29, 1.82) is 0 Å². The minimum absolute atomic E-state index is 0.0367. The lowest BCUT2D eigenvalue weighted by molar-refractivity contribution is -0.121. The van der Waals surface area contributed by atoms with E-state index in [1.807, 2.05) is 24.3 Å². The molecule has 0 bridgehead atoms. The smallest absolute Gasteiger partial charge is 0.244 e. The van der Waals surface area contributed by atoms with Crippen LogP contribution in [0.25, 0.3) is 0 Å². The van der Waals surface area contributed by atoms with Crippen molar-refractivity contribution < 1.29 is 19.1 Å². The van der Waals surface area contributed by atoms with Crippen molar-refractivity contribution in [2.75, 3.05) is 31.0 Å². The van der Waals surface area contributed by atoms with Crippen molar-refractivity contribution in [3.05, 3.63) is 48.0 Å². The Morgan fingerprint density at radius 1 is 1.12 bits per heavy atom. The number of ether oxygens (including phenoxy) is 2. The first-order chi connectivity index (χ1) is 12.1. The number of benzene rings is 2. The van der Waals surface area contributed by atoms with E-state index < -0.39 is 0 Å². The highest BCUT2D eigenvalue weighted by atomic mass is 16.5. The number of nitrogens with zero attached hydrogens (tertiary/aromatic N) is 1. The summed E-state index contributed by atoms with van der Waals surface area (Å²) in [5, 5.41) is 2.80. The van der Waals surface area contributed by atoms with Crippen LogP contribution < -0.4 is 19.7 Å². The minimum Gasteiger partial charge on any atom is -0.497 e. The molecule has 3 rings (SSSR count). The molecule has 0 saturated carbocycles. The van der Waals surface area contributed by atoms with E-state index in [4.69, 9.17) is 9.47 Å². The monoisotopic (exact) mass is 340 g/mol. The van der Waals surface area contributed by atoms with Gasteiger partial charge in [0.05, 0.1) is 19.9 Å². The Labute approximate surface area is 146 Å². The molecule has 2 amide bonds. The summed E-state index contributed by atoms with van der Waals surface area (Å²) in [7, 11) is 3.08. The van der Waals surface area contributed by atoms with Gasteiger partial charge in [-0.1, -0.05) is 18.2 Å². The van der Waals surface area contributed by atoms with E-state index in [1.54, 1.807) is 25.3 Å². The molecule has 0 atom stereocenters. The standard InChI is InChI=1S/C19H20N2O4/c1-24-14-8-9-15(17(11-14)25-2)20-18(22)12-21-16-6-4-3-5-13(16)7-10-19(21)23/h3-6,8-9,11H,7,10,12H2,1-2H3,(H,20,22). The summed E-state index contributed by atoms with van der Waals surface area (Å²) in [6, 6.07) is 12.8. The number of hydrogen-bond donors (Lipinski definition) is 1. The SMILES string of the molecule is COc1ccc(NC(=O)CN2C(=O)CCc3ccccc32)c(OC)c1. The third-order valence-electron chi connectivity index (χ3n) is 4.18. The van der Waals surface area contributed by atoms with Crippen LogP contribution in [0.2, 0.25) is 0 Å². The van der Waals surface area contributed by atoms with Crippen molar-refractivity contribution >= 4 is 23.2 Å². The molecule has 1 N–H and O–H groups in total. The lowest BCUT2D eigenvalue weighted by Crippen LogP contribution is -2.40. The number of hydrogen-bond acceptors (Lipinski definition) is 4. The van der Waals surface area contributed by atoms with Gasteiger partial charge >= 0.3 is 0 Å². The van der Waals surface area contributed by atoms with Gasteiger partial charge in [-0.3, -0.25) is 9.59 Å². The summed E-state index contributed by atoms with van der Waals surface area (Å²) in [5.74, 6) is 0.803. The van der Waals surface area contributed by atoms with Gasteiger partial charge in [0.1, 0.15) is 18.0 Å². The summed E-state index contributed by atoms with van der Waals surface area (Å²) in [6.07, 6.45) is 1.12. The summed E-state index contributed by atoms with van der Waals surface area (Å²) < 4.78 is 10.4. The fourth-order valence-electron chi connectivity index (χ4n) is 2.90. The number of carbonyl (C=O) groups excluding carboxylic acids is 2. The van der Waals surface area contributed by atoms with Crippen LogP contribution in [-0.2, 0) is 16.0 Å². The van der Waals surface area contributed by atoms with Gasteiger partial charge in [0, 0.05) is 18.2 Å². The fraction of sp³-hybridized carbons (Fsp3) is 0.263. The third-order valence-corrected chi connectivity index (χ3v) is 4.18. The normalized spacial score (nSPS) is 13.2. The zero-order valence-electron chi connectivity index (χ0n) is 14.2. The minimum atomic E-state index is -0.284. The molecule has 6 heteroatoms. The maximum atomic E-state index is 12.5. The van der Waals surface area contributed by atoms with Gasteiger partial charge in [-0.05, 0) is 30.2 Å². The largest absolute Gasteiger partial charge is 0.497 e. The molecule has 0 aliphatic carbocycles. The van der Waals surface area contributed by atoms with Crippen LogP contribution in [0.5, 0.6) is 11.5 Å². The average molecular weight is 340 g/mol. The molecule has 0 radical (unpaired) electrons. The Hall–Kier alpha value is -3.02. The lowest BCUT2D eigenvalue weighted by atomic mass is 10.0. The first kappa shape index (κ1) is 16.8. The van der Waals surface area contributed by atoms with Gasteiger partial charge in [0.15, 0.2) is 0 Å². The number of fused-ring (bicyclic) bond motifs is 1. The second-order valence-electron chi connectivity index (χ2n) is 5.72. The molecule has 0 spiro atoms. The van der Waals surface area contributed by atoms with Crippen LogP contribution >= 0.6 is 0 Å². The molecule has 1 heterocycles. The summed E-state index contributed by atoms with van der Waals surface area (Å²) in [4.78, 5) is 26.3. The van der Waals surface area contributed by atoms with Gasteiger partial charge in [0.2, 0.25) is 11.8 Å². The molecule has 25 heavy (non-hydrogen) atoms. The maximum absolute atomic E-state index is 12.5. The molecule has 130 valence electrons. The van der Waals surface area contributed by atoms with Crippen LogP contribution in [0, 0.1) is 0 Å². The Bertz CT molecular complexity index is 804. The van der Waals surface area contributed by atoms with Gasteiger partial charge in [-0.15, -0.1) is 0 Å². The van der Waals surface area contributed by atoms with Crippen LogP contribution in [0.1, 0.15) is 12.0 Å². The molecular weight excluding hydrogens is 320 g/mol. The molecule has 2 aromatic carbocycles. The molecule has 2 aromatic rings. The van der Waals surface area contributed by atoms with E-state index in [2.05, 4.69) is 5.32 Å². The molecule has 1 aliphatic heterocycles. The number of nitrogens with one attached hydrogen (secondary N) is 1. The number of rotatable bonds is 5. The number of methoxy groups -OCH3 is 2. The molecular formula is C19H20N2O4. The predicted molar refractivity (Wildman–Crippen MR) is 95.3 cm³/mol. The number of aryl methyl sites for hydroxylation is 1. The highest BCUT2D eigenvalue weighted by molar-refractivity contribution is 6.04. The van der Waals surface area contributed by atoms with Gasteiger partial charge in [0.25, 0.3) is 0 Å². The Balaban J connectivity index is 1.76. The zero-order valence-corrected chi connectivity index (χ0v) is 14.2. The summed E-state index contributed by atoms with van der Waals surface area (Å²) in [5.41, 5.74) is 2.42. The van der Waals surface area contributed by atoms with Gasteiger partial charge in [-0.25, -0.2) is 0 Å². The highest BCUT2D eigenvalue weighted by Crippen LogP contribution is 2.30. The first-order valence-electron chi connectivity index (χ1n) is 8.02. The number of anilines is 2. The molecule has 6 nitrogen and oxygen atoms in total. The van der Waals surface area contributed by atoms with Crippen molar-refractivity contribution in [2.45, 2.75) is 12.8 Å². The summed E-state index contributed by atoms with van der Waals surface area (Å²) in [6.45, 7) is -0.0367. The molecule has 0 fully saturated rings. The van der Waals surface area contributed by atoms with Crippen LogP contribution in [-0.4, -0.2) is 32.6 Å². The van der Waals surface area contributed by atoms with Crippen molar-refractivity contribution in [3.63, 3.8) is 0 Å². The van der Waals surface area contributed by atoms with Crippen molar-refractivity contribution in [1.82, 2.24) is 0 Å². The predicted octanol–water partition coefficient (Wildman–Crippen LogP) is 2.62. The number of amides is 2. The fourth-order valence-corrected chi connectivity index (χ4v) is 2.90. The number of carbonyl (C=O) groups is 2. The second kappa shape index (κ2) is 7.25. The van der Waals surface area contributed by atoms with Crippen molar-refractivity contribution in [2.24, 2.45) is 0 Å². The maximum Gasteiger partial charge on any atom is 0.244 e. The second-order valence-corrected chi connectivity index (χ2v) is 5.72. The van der Waals surface area contributed by atoms with E-state index in [9.17, 15) is 9.59 Å².